The fourth-order valence-electron chi connectivity index (χ4n) is 3.60. The first-order valence-corrected chi connectivity index (χ1v) is 10.8. The largest absolute Gasteiger partial charge is 0.379 e. The van der Waals surface area contributed by atoms with Crippen molar-refractivity contribution >= 4 is 11.8 Å². The van der Waals surface area contributed by atoms with Gasteiger partial charge in [0.25, 0.3) is 0 Å². The summed E-state index contributed by atoms with van der Waals surface area (Å²) in [5, 5.41) is 6.76. The number of pyridine rings is 1. The van der Waals surface area contributed by atoms with Crippen molar-refractivity contribution in [3.05, 3.63) is 23.9 Å². The van der Waals surface area contributed by atoms with E-state index in [9.17, 15) is 0 Å². The number of hydrogen-bond donors (Lipinski definition) is 2. The van der Waals surface area contributed by atoms with Gasteiger partial charge in [0.1, 0.15) is 5.82 Å². The number of guanidine groups is 1. The van der Waals surface area contributed by atoms with Crippen molar-refractivity contribution in [1.29, 1.82) is 0 Å². The number of aliphatic imine (C=N–C) groups is 1. The number of ether oxygens (including phenoxy) is 1. The Morgan fingerprint density at radius 1 is 1.18 bits per heavy atom. The zero-order valence-corrected chi connectivity index (χ0v) is 17.5. The molecule has 0 bridgehead atoms. The molecule has 0 unspecified atom stereocenters. The first-order chi connectivity index (χ1) is 13.7. The summed E-state index contributed by atoms with van der Waals surface area (Å²) in [7, 11) is 0. The third kappa shape index (κ3) is 6.63. The zero-order chi connectivity index (χ0) is 19.6. The first-order valence-electron chi connectivity index (χ1n) is 10.8. The van der Waals surface area contributed by atoms with E-state index in [4.69, 9.17) is 9.73 Å². The van der Waals surface area contributed by atoms with E-state index in [0.717, 1.165) is 82.3 Å². The molecule has 28 heavy (non-hydrogen) atoms. The molecule has 2 aliphatic heterocycles. The minimum atomic E-state index is 0.636. The van der Waals surface area contributed by atoms with Crippen molar-refractivity contribution in [2.24, 2.45) is 10.9 Å². The minimum Gasteiger partial charge on any atom is -0.379 e. The van der Waals surface area contributed by atoms with Gasteiger partial charge in [-0.1, -0.05) is 13.0 Å². The summed E-state index contributed by atoms with van der Waals surface area (Å²) >= 11 is 0. The lowest BCUT2D eigenvalue weighted by molar-refractivity contribution is 0.0389. The number of piperidine rings is 1. The quantitative estimate of drug-likeness (QED) is 0.548. The van der Waals surface area contributed by atoms with Crippen LogP contribution in [0.5, 0.6) is 0 Å². The second kappa shape index (κ2) is 11.2. The molecule has 2 N–H and O–H groups in total. The van der Waals surface area contributed by atoms with Crippen LogP contribution < -0.4 is 15.5 Å². The molecular weight excluding hydrogens is 352 g/mol. The summed E-state index contributed by atoms with van der Waals surface area (Å²) < 4.78 is 5.40. The highest BCUT2D eigenvalue weighted by atomic mass is 16.5. The van der Waals surface area contributed by atoms with Gasteiger partial charge < -0.3 is 20.3 Å². The van der Waals surface area contributed by atoms with Gasteiger partial charge in [-0.3, -0.25) is 4.90 Å². The van der Waals surface area contributed by atoms with Gasteiger partial charge in [-0.25, -0.2) is 9.98 Å². The molecule has 0 spiro atoms. The number of nitrogens with one attached hydrogen (secondary N) is 2. The van der Waals surface area contributed by atoms with Crippen molar-refractivity contribution in [2.45, 2.75) is 33.2 Å². The van der Waals surface area contributed by atoms with Crippen molar-refractivity contribution in [2.75, 3.05) is 63.9 Å². The van der Waals surface area contributed by atoms with Gasteiger partial charge in [0.05, 0.1) is 19.8 Å². The predicted octanol–water partition coefficient (Wildman–Crippen LogP) is 1.71. The van der Waals surface area contributed by atoms with E-state index >= 15 is 0 Å². The number of anilines is 1. The van der Waals surface area contributed by atoms with E-state index in [1.165, 1.54) is 12.8 Å². The van der Waals surface area contributed by atoms with Gasteiger partial charge in [0, 0.05) is 52.0 Å². The van der Waals surface area contributed by atoms with Gasteiger partial charge >= 0.3 is 0 Å². The van der Waals surface area contributed by atoms with E-state index in [1.54, 1.807) is 0 Å². The van der Waals surface area contributed by atoms with E-state index in [1.807, 2.05) is 6.20 Å². The fraction of sp³-hybridized carbons (Fsp3) is 0.714. The molecule has 2 saturated heterocycles. The number of nitrogens with zero attached hydrogens (tertiary/aromatic N) is 4. The van der Waals surface area contributed by atoms with Crippen LogP contribution in [-0.2, 0) is 11.3 Å². The molecule has 0 radical (unpaired) electrons. The molecule has 3 rings (SSSR count). The Labute approximate surface area is 169 Å². The molecule has 0 amide bonds. The fourth-order valence-corrected chi connectivity index (χ4v) is 3.60. The standard InChI is InChI=1S/C21H36N6O/c1-3-22-21(23-8-11-26-12-14-28-15-13-26)25-17-19-4-5-20(24-16-19)27-9-6-18(2)7-10-27/h4-5,16,18H,3,6-15,17H2,1-2H3,(H2,22,23,25). The molecule has 7 nitrogen and oxygen atoms in total. The molecule has 0 aliphatic carbocycles. The number of aromatic nitrogens is 1. The molecule has 7 heteroatoms. The molecule has 0 atom stereocenters. The van der Waals surface area contributed by atoms with Crippen molar-refractivity contribution in [3.8, 4) is 0 Å². The van der Waals surface area contributed by atoms with Gasteiger partial charge in [0.2, 0.25) is 0 Å². The van der Waals surface area contributed by atoms with Crippen LogP contribution >= 0.6 is 0 Å². The Kier molecular flexibility index (Phi) is 8.36. The molecular formula is C21H36N6O. The summed E-state index contributed by atoms with van der Waals surface area (Å²) in [5.74, 6) is 2.80. The number of rotatable bonds is 7. The van der Waals surface area contributed by atoms with Crippen LogP contribution in [0.3, 0.4) is 0 Å². The Hall–Kier alpha value is -1.86. The van der Waals surface area contributed by atoms with Crippen LogP contribution in [0.25, 0.3) is 0 Å². The second-order valence-electron chi connectivity index (χ2n) is 7.77. The van der Waals surface area contributed by atoms with Crippen LogP contribution in [0.15, 0.2) is 23.3 Å². The molecule has 1 aromatic rings. The van der Waals surface area contributed by atoms with Crippen molar-refractivity contribution in [3.63, 3.8) is 0 Å². The normalized spacial score (nSPS) is 19.6. The summed E-state index contributed by atoms with van der Waals surface area (Å²) in [5.41, 5.74) is 1.14. The summed E-state index contributed by atoms with van der Waals surface area (Å²) in [6, 6.07) is 4.29. The van der Waals surface area contributed by atoms with E-state index in [-0.39, 0.29) is 0 Å². The van der Waals surface area contributed by atoms with Gasteiger partial charge in [0.15, 0.2) is 5.96 Å². The molecule has 0 saturated carbocycles. The van der Waals surface area contributed by atoms with Crippen LogP contribution in [0, 0.1) is 5.92 Å². The summed E-state index contributed by atoms with van der Waals surface area (Å²) in [6.07, 6.45) is 4.49. The topological polar surface area (TPSA) is 65.0 Å². The van der Waals surface area contributed by atoms with Gasteiger partial charge in [-0.05, 0) is 37.3 Å². The SMILES string of the molecule is CCNC(=NCc1ccc(N2CCC(C)CC2)nc1)NCCN1CCOCC1. The maximum atomic E-state index is 5.40. The first kappa shape index (κ1) is 20.9. The van der Waals surface area contributed by atoms with Crippen LogP contribution in [0.2, 0.25) is 0 Å². The predicted molar refractivity (Wildman–Crippen MR) is 115 cm³/mol. The Morgan fingerprint density at radius 3 is 2.64 bits per heavy atom. The average Bonchev–Trinajstić information content (AvgIpc) is 2.74. The Morgan fingerprint density at radius 2 is 1.96 bits per heavy atom. The molecule has 3 heterocycles. The Bertz CT molecular complexity index is 591. The minimum absolute atomic E-state index is 0.636. The maximum Gasteiger partial charge on any atom is 0.191 e. The Balaban J connectivity index is 1.46. The molecule has 2 fully saturated rings. The van der Waals surface area contributed by atoms with Gasteiger partial charge in [-0.2, -0.15) is 0 Å². The third-order valence-electron chi connectivity index (χ3n) is 5.50. The molecule has 2 aliphatic rings. The second-order valence-corrected chi connectivity index (χ2v) is 7.77. The number of morpholine rings is 1. The highest BCUT2D eigenvalue weighted by molar-refractivity contribution is 5.79. The van der Waals surface area contributed by atoms with Crippen molar-refractivity contribution < 1.29 is 4.74 Å². The van der Waals surface area contributed by atoms with Gasteiger partial charge in [-0.15, -0.1) is 0 Å². The summed E-state index contributed by atoms with van der Waals surface area (Å²) in [4.78, 5) is 14.2. The van der Waals surface area contributed by atoms with Crippen LogP contribution in [-0.4, -0.2) is 74.9 Å². The third-order valence-corrected chi connectivity index (χ3v) is 5.50. The molecule has 156 valence electrons. The lowest BCUT2D eigenvalue weighted by Crippen LogP contribution is -2.44. The smallest absolute Gasteiger partial charge is 0.191 e. The van der Waals surface area contributed by atoms with Crippen molar-refractivity contribution in [1.82, 2.24) is 20.5 Å². The van der Waals surface area contributed by atoms with E-state index in [2.05, 4.69) is 51.4 Å². The van der Waals surface area contributed by atoms with Crippen LogP contribution in [0.1, 0.15) is 32.3 Å². The summed E-state index contributed by atoms with van der Waals surface area (Å²) in [6.45, 7) is 13.8. The number of hydrogen-bond acceptors (Lipinski definition) is 5. The zero-order valence-electron chi connectivity index (χ0n) is 17.5. The lowest BCUT2D eigenvalue weighted by Gasteiger charge is -2.31. The van der Waals surface area contributed by atoms with E-state index < -0.39 is 0 Å². The maximum absolute atomic E-state index is 5.40. The highest BCUT2D eigenvalue weighted by Crippen LogP contribution is 2.21. The van der Waals surface area contributed by atoms with E-state index in [0.29, 0.717) is 6.54 Å². The monoisotopic (exact) mass is 388 g/mol. The van der Waals surface area contributed by atoms with Crippen LogP contribution in [0.4, 0.5) is 5.82 Å². The average molecular weight is 389 g/mol. The highest BCUT2D eigenvalue weighted by Gasteiger charge is 2.16. The lowest BCUT2D eigenvalue weighted by atomic mass is 9.99. The molecule has 0 aromatic carbocycles. The molecule has 1 aromatic heterocycles.